The van der Waals surface area contributed by atoms with E-state index in [1.54, 1.807) is 29.0 Å². The van der Waals surface area contributed by atoms with Crippen LogP contribution in [0.1, 0.15) is 29.5 Å². The number of nitrogens with one attached hydrogen (secondary N) is 2. The van der Waals surface area contributed by atoms with Gasteiger partial charge in [0.05, 0.1) is 17.2 Å². The summed E-state index contributed by atoms with van der Waals surface area (Å²) in [6, 6.07) is 7.62. The van der Waals surface area contributed by atoms with Crippen LogP contribution in [-0.4, -0.2) is 48.4 Å². The van der Waals surface area contributed by atoms with Gasteiger partial charge in [0.2, 0.25) is 5.91 Å². The summed E-state index contributed by atoms with van der Waals surface area (Å²) in [7, 11) is 1.57. The number of rotatable bonds is 3. The molecule has 0 saturated carbocycles. The molecule has 2 aliphatic heterocycles. The number of fused-ring (bicyclic) bond motifs is 1. The molecule has 6 nitrogen and oxygen atoms in total. The third-order valence-electron chi connectivity index (χ3n) is 6.42. The third kappa shape index (κ3) is 4.95. The summed E-state index contributed by atoms with van der Waals surface area (Å²) in [5.41, 5.74) is 1.32. The van der Waals surface area contributed by atoms with Gasteiger partial charge in [-0.15, -0.1) is 0 Å². The first kappa shape index (κ1) is 23.8. The highest BCUT2D eigenvalue weighted by Crippen LogP contribution is 2.34. The molecule has 1 unspecified atom stereocenters. The third-order valence-corrected chi connectivity index (χ3v) is 6.42. The number of amides is 3. The summed E-state index contributed by atoms with van der Waals surface area (Å²) in [4.78, 5) is 28.6. The standard InChI is InChI=1S/C24H26F4N4O2/c1-29-23(34)32-10-3-5-16(14-32)22(33)31-11-9-18-15(13-31)4-2-6-20(18)30-21-8-7-17(12-19(21)25)24(26,27)28/h2,4,6-8,12,16,30H,3,5,9-11,13-14H2,1H3,(H,29,34). The van der Waals surface area contributed by atoms with Crippen molar-refractivity contribution in [1.82, 2.24) is 15.1 Å². The first-order valence-corrected chi connectivity index (χ1v) is 11.2. The van der Waals surface area contributed by atoms with Crippen LogP contribution < -0.4 is 10.6 Å². The van der Waals surface area contributed by atoms with E-state index in [-0.39, 0.29) is 23.5 Å². The molecule has 0 aromatic heterocycles. The lowest BCUT2D eigenvalue weighted by Crippen LogP contribution is -2.49. The zero-order valence-corrected chi connectivity index (χ0v) is 18.7. The van der Waals surface area contributed by atoms with E-state index in [1.807, 2.05) is 6.07 Å². The highest BCUT2D eigenvalue weighted by Gasteiger charge is 2.33. The minimum Gasteiger partial charge on any atom is -0.353 e. The van der Waals surface area contributed by atoms with Crippen LogP contribution in [0.4, 0.5) is 33.7 Å². The first-order valence-electron chi connectivity index (χ1n) is 11.2. The number of likely N-dealkylation sites (tertiary alicyclic amines) is 1. The van der Waals surface area contributed by atoms with E-state index < -0.39 is 17.6 Å². The Morgan fingerprint density at radius 1 is 1.06 bits per heavy atom. The fraction of sp³-hybridized carbons (Fsp3) is 0.417. The zero-order chi connectivity index (χ0) is 24.5. The minimum atomic E-state index is -4.61. The number of halogens is 4. The van der Waals surface area contributed by atoms with E-state index in [4.69, 9.17) is 0 Å². The number of hydrogen-bond acceptors (Lipinski definition) is 3. The highest BCUT2D eigenvalue weighted by molar-refractivity contribution is 5.81. The molecular weight excluding hydrogens is 452 g/mol. The van der Waals surface area contributed by atoms with Crippen LogP contribution in [0.25, 0.3) is 0 Å². The Labute approximate surface area is 194 Å². The highest BCUT2D eigenvalue weighted by atomic mass is 19.4. The molecule has 3 amide bonds. The number of nitrogens with zero attached hydrogens (tertiary/aromatic N) is 2. The van der Waals surface area contributed by atoms with Crippen molar-refractivity contribution in [3.63, 3.8) is 0 Å². The molecule has 2 N–H and O–H groups in total. The summed E-state index contributed by atoms with van der Waals surface area (Å²) < 4.78 is 52.8. The minimum absolute atomic E-state index is 0.00593. The Morgan fingerprint density at radius 3 is 2.56 bits per heavy atom. The second kappa shape index (κ2) is 9.52. The Kier molecular flexibility index (Phi) is 6.67. The summed E-state index contributed by atoms with van der Waals surface area (Å²) >= 11 is 0. The maximum absolute atomic E-state index is 14.3. The monoisotopic (exact) mass is 478 g/mol. The van der Waals surface area contributed by atoms with Crippen molar-refractivity contribution in [2.24, 2.45) is 5.92 Å². The predicted molar refractivity (Wildman–Crippen MR) is 119 cm³/mol. The number of carbonyl (C=O) groups excluding carboxylic acids is 2. The molecule has 0 aliphatic carbocycles. The molecule has 0 bridgehead atoms. The van der Waals surface area contributed by atoms with Gasteiger partial charge in [-0.05, 0) is 54.7 Å². The van der Waals surface area contributed by atoms with Crippen molar-refractivity contribution in [3.8, 4) is 0 Å². The molecular formula is C24H26F4N4O2. The van der Waals surface area contributed by atoms with Crippen molar-refractivity contribution in [3.05, 3.63) is 58.9 Å². The average molecular weight is 478 g/mol. The molecule has 1 fully saturated rings. The van der Waals surface area contributed by atoms with Crippen LogP contribution in [0, 0.1) is 11.7 Å². The largest absolute Gasteiger partial charge is 0.416 e. The van der Waals surface area contributed by atoms with Gasteiger partial charge in [-0.2, -0.15) is 13.2 Å². The number of alkyl halides is 3. The number of urea groups is 1. The molecule has 10 heteroatoms. The Balaban J connectivity index is 1.47. The molecule has 0 radical (unpaired) electrons. The Hall–Kier alpha value is -3.30. The summed E-state index contributed by atoms with van der Waals surface area (Å²) in [5, 5.41) is 5.51. The van der Waals surface area contributed by atoms with E-state index in [9.17, 15) is 27.2 Å². The van der Waals surface area contributed by atoms with Gasteiger partial charge >= 0.3 is 12.2 Å². The molecule has 2 aromatic rings. The molecule has 1 saturated heterocycles. The molecule has 182 valence electrons. The van der Waals surface area contributed by atoms with Crippen LogP contribution in [0.15, 0.2) is 36.4 Å². The number of carbonyl (C=O) groups is 2. The number of anilines is 2. The second-order valence-electron chi connectivity index (χ2n) is 8.61. The summed E-state index contributed by atoms with van der Waals surface area (Å²) in [6.45, 7) is 1.87. The van der Waals surface area contributed by atoms with Crippen LogP contribution in [0.2, 0.25) is 0 Å². The van der Waals surface area contributed by atoms with Gasteiger partial charge in [0.25, 0.3) is 0 Å². The SMILES string of the molecule is CNC(=O)N1CCCC(C(=O)N2CCc3c(cccc3Nc3ccc(C(F)(F)F)cc3F)C2)C1. The van der Waals surface area contributed by atoms with Crippen molar-refractivity contribution < 1.29 is 27.2 Å². The fourth-order valence-electron chi connectivity index (χ4n) is 4.63. The van der Waals surface area contributed by atoms with Gasteiger partial charge in [0.15, 0.2) is 0 Å². The van der Waals surface area contributed by atoms with Crippen molar-refractivity contribution in [1.29, 1.82) is 0 Å². The Morgan fingerprint density at radius 2 is 1.85 bits per heavy atom. The average Bonchev–Trinajstić information content (AvgIpc) is 2.83. The number of piperidine rings is 1. The van der Waals surface area contributed by atoms with Crippen LogP contribution in [0.5, 0.6) is 0 Å². The molecule has 2 aromatic carbocycles. The van der Waals surface area contributed by atoms with E-state index in [1.165, 1.54) is 0 Å². The smallest absolute Gasteiger partial charge is 0.353 e. The summed E-state index contributed by atoms with van der Waals surface area (Å²) in [5.74, 6) is -1.24. The summed E-state index contributed by atoms with van der Waals surface area (Å²) in [6.07, 6.45) is -2.60. The molecule has 2 heterocycles. The molecule has 0 spiro atoms. The maximum Gasteiger partial charge on any atom is 0.416 e. The second-order valence-corrected chi connectivity index (χ2v) is 8.61. The first-order chi connectivity index (χ1) is 16.2. The normalized spacial score (nSPS) is 18.3. The molecule has 4 rings (SSSR count). The van der Waals surface area contributed by atoms with E-state index >= 15 is 0 Å². The van der Waals surface area contributed by atoms with Gasteiger partial charge < -0.3 is 20.4 Å². The van der Waals surface area contributed by atoms with E-state index in [0.717, 1.165) is 36.1 Å². The van der Waals surface area contributed by atoms with Gasteiger partial charge in [-0.1, -0.05) is 12.1 Å². The molecule has 34 heavy (non-hydrogen) atoms. The van der Waals surface area contributed by atoms with Crippen LogP contribution in [-0.2, 0) is 23.9 Å². The quantitative estimate of drug-likeness (QED) is 0.638. The molecule has 1 atom stereocenters. The predicted octanol–water partition coefficient (Wildman–Crippen LogP) is 4.52. The van der Waals surface area contributed by atoms with Crippen molar-refractivity contribution in [2.75, 3.05) is 32.0 Å². The van der Waals surface area contributed by atoms with Crippen LogP contribution >= 0.6 is 0 Å². The Bertz CT molecular complexity index is 1090. The van der Waals surface area contributed by atoms with Gasteiger partial charge in [-0.25, -0.2) is 9.18 Å². The van der Waals surface area contributed by atoms with Gasteiger partial charge in [0.1, 0.15) is 5.82 Å². The van der Waals surface area contributed by atoms with E-state index in [2.05, 4.69) is 10.6 Å². The van der Waals surface area contributed by atoms with Gasteiger partial charge in [-0.3, -0.25) is 4.79 Å². The zero-order valence-electron chi connectivity index (χ0n) is 18.7. The van der Waals surface area contributed by atoms with Gasteiger partial charge in [0, 0.05) is 38.9 Å². The number of benzene rings is 2. The lowest BCUT2D eigenvalue weighted by molar-refractivity contribution is -0.138. The molecule has 2 aliphatic rings. The lowest BCUT2D eigenvalue weighted by atomic mass is 9.93. The van der Waals surface area contributed by atoms with E-state index in [0.29, 0.717) is 44.4 Å². The lowest BCUT2D eigenvalue weighted by Gasteiger charge is -2.37. The van der Waals surface area contributed by atoms with Crippen molar-refractivity contribution >= 4 is 23.3 Å². The number of hydrogen-bond donors (Lipinski definition) is 2. The van der Waals surface area contributed by atoms with Crippen molar-refractivity contribution in [2.45, 2.75) is 32.0 Å². The van der Waals surface area contributed by atoms with Crippen LogP contribution in [0.3, 0.4) is 0 Å². The topological polar surface area (TPSA) is 64.7 Å². The fourth-order valence-corrected chi connectivity index (χ4v) is 4.63. The maximum atomic E-state index is 14.3.